The van der Waals surface area contributed by atoms with Crippen LogP contribution in [0.1, 0.15) is 54.9 Å². The molecule has 1 amide bonds. The summed E-state index contributed by atoms with van der Waals surface area (Å²) in [6, 6.07) is 0. The van der Waals surface area contributed by atoms with Gasteiger partial charge in [-0.2, -0.15) is 0 Å². The lowest BCUT2D eigenvalue weighted by Crippen LogP contribution is -2.41. The molecule has 0 heterocycles. The predicted octanol–water partition coefficient (Wildman–Crippen LogP) is 3.47. The predicted molar refractivity (Wildman–Crippen MR) is 70.2 cm³/mol. The van der Waals surface area contributed by atoms with Crippen LogP contribution in [0.4, 0.5) is 0 Å². The first-order valence-corrected chi connectivity index (χ1v) is 6.50. The van der Waals surface area contributed by atoms with Crippen molar-refractivity contribution in [1.82, 2.24) is 5.32 Å². The third kappa shape index (κ3) is 4.54. The lowest BCUT2D eigenvalue weighted by atomic mass is 9.84. The second-order valence-corrected chi connectivity index (χ2v) is 6.10. The molecule has 16 heavy (non-hydrogen) atoms. The second kappa shape index (κ2) is 6.27. The molecule has 0 spiro atoms. The maximum Gasteiger partial charge on any atom is 0.225 e. The SMILES string of the molecule is CCC(C)(C)C(=O)NCC(C(C)C)C(C)C. The van der Waals surface area contributed by atoms with E-state index in [9.17, 15) is 4.79 Å². The van der Waals surface area contributed by atoms with Crippen molar-refractivity contribution >= 4 is 5.91 Å². The van der Waals surface area contributed by atoms with E-state index >= 15 is 0 Å². The van der Waals surface area contributed by atoms with Crippen molar-refractivity contribution in [3.8, 4) is 0 Å². The zero-order chi connectivity index (χ0) is 12.9. The molecule has 2 nitrogen and oxygen atoms in total. The molecule has 0 aliphatic rings. The fraction of sp³-hybridized carbons (Fsp3) is 0.929. The number of amides is 1. The third-order valence-electron chi connectivity index (χ3n) is 3.71. The van der Waals surface area contributed by atoms with Gasteiger partial charge in [-0.15, -0.1) is 0 Å². The number of hydrogen-bond acceptors (Lipinski definition) is 1. The van der Waals surface area contributed by atoms with Gasteiger partial charge in [0.25, 0.3) is 0 Å². The highest BCUT2D eigenvalue weighted by molar-refractivity contribution is 5.81. The maximum atomic E-state index is 11.9. The summed E-state index contributed by atoms with van der Waals surface area (Å²) in [4.78, 5) is 11.9. The van der Waals surface area contributed by atoms with Gasteiger partial charge in [0.1, 0.15) is 0 Å². The minimum Gasteiger partial charge on any atom is -0.355 e. The Bertz CT molecular complexity index is 211. The van der Waals surface area contributed by atoms with Crippen molar-refractivity contribution in [1.29, 1.82) is 0 Å². The maximum absolute atomic E-state index is 11.9. The smallest absolute Gasteiger partial charge is 0.225 e. The van der Waals surface area contributed by atoms with E-state index in [4.69, 9.17) is 0 Å². The minimum absolute atomic E-state index is 0.182. The summed E-state index contributed by atoms with van der Waals surface area (Å²) in [6.45, 7) is 15.8. The van der Waals surface area contributed by atoms with E-state index in [1.807, 2.05) is 13.8 Å². The Morgan fingerprint density at radius 3 is 1.88 bits per heavy atom. The van der Waals surface area contributed by atoms with Crippen LogP contribution < -0.4 is 5.32 Å². The van der Waals surface area contributed by atoms with Crippen LogP contribution >= 0.6 is 0 Å². The van der Waals surface area contributed by atoms with Gasteiger partial charge < -0.3 is 5.32 Å². The molecule has 0 saturated heterocycles. The molecule has 0 aromatic carbocycles. The Morgan fingerprint density at radius 2 is 1.56 bits per heavy atom. The summed E-state index contributed by atoms with van der Waals surface area (Å²) in [6.07, 6.45) is 0.882. The first kappa shape index (κ1) is 15.5. The molecule has 0 aliphatic carbocycles. The summed E-state index contributed by atoms with van der Waals surface area (Å²) in [5.41, 5.74) is -0.238. The molecule has 0 saturated carbocycles. The molecule has 0 rings (SSSR count). The fourth-order valence-electron chi connectivity index (χ4n) is 1.85. The zero-order valence-electron chi connectivity index (χ0n) is 12.1. The van der Waals surface area contributed by atoms with Crippen LogP contribution in [-0.2, 0) is 4.79 Å². The first-order chi connectivity index (χ1) is 7.22. The highest BCUT2D eigenvalue weighted by Crippen LogP contribution is 2.22. The Hall–Kier alpha value is -0.530. The number of carbonyl (C=O) groups is 1. The van der Waals surface area contributed by atoms with E-state index in [0.717, 1.165) is 13.0 Å². The van der Waals surface area contributed by atoms with Crippen LogP contribution in [0, 0.1) is 23.2 Å². The lowest BCUT2D eigenvalue weighted by Gasteiger charge is -2.28. The molecule has 96 valence electrons. The molecule has 0 fully saturated rings. The topological polar surface area (TPSA) is 29.1 Å². The molecule has 0 aliphatic heterocycles. The Kier molecular flexibility index (Phi) is 6.06. The van der Waals surface area contributed by atoms with Gasteiger partial charge in [0.2, 0.25) is 5.91 Å². The number of hydrogen-bond donors (Lipinski definition) is 1. The van der Waals surface area contributed by atoms with E-state index in [-0.39, 0.29) is 11.3 Å². The number of nitrogens with one attached hydrogen (secondary N) is 1. The van der Waals surface area contributed by atoms with E-state index in [1.165, 1.54) is 0 Å². The molecule has 1 N–H and O–H groups in total. The van der Waals surface area contributed by atoms with E-state index < -0.39 is 0 Å². The molecule has 2 heteroatoms. The van der Waals surface area contributed by atoms with E-state index in [0.29, 0.717) is 17.8 Å². The standard InChI is InChI=1S/C14H29NO/c1-8-14(6,7)13(16)15-9-12(10(2)3)11(4)5/h10-12H,8-9H2,1-7H3,(H,15,16). The summed E-state index contributed by atoms with van der Waals surface area (Å²) in [5.74, 6) is 1.98. The van der Waals surface area contributed by atoms with Crippen molar-refractivity contribution in [2.24, 2.45) is 23.2 Å². The summed E-state index contributed by atoms with van der Waals surface area (Å²) >= 11 is 0. The molecule has 0 atom stereocenters. The van der Waals surface area contributed by atoms with Crippen LogP contribution in [-0.4, -0.2) is 12.5 Å². The zero-order valence-corrected chi connectivity index (χ0v) is 12.1. The van der Waals surface area contributed by atoms with E-state index in [2.05, 4.69) is 39.9 Å². The summed E-state index contributed by atoms with van der Waals surface area (Å²) in [7, 11) is 0. The second-order valence-electron chi connectivity index (χ2n) is 6.10. The highest BCUT2D eigenvalue weighted by Gasteiger charge is 2.26. The lowest BCUT2D eigenvalue weighted by molar-refractivity contribution is -0.129. The number of rotatable bonds is 6. The highest BCUT2D eigenvalue weighted by atomic mass is 16.2. The van der Waals surface area contributed by atoms with Crippen molar-refractivity contribution in [3.05, 3.63) is 0 Å². The van der Waals surface area contributed by atoms with Gasteiger partial charge in [-0.25, -0.2) is 0 Å². The monoisotopic (exact) mass is 227 g/mol. The molecular weight excluding hydrogens is 198 g/mol. The summed E-state index contributed by atoms with van der Waals surface area (Å²) in [5, 5.41) is 3.10. The number of carbonyl (C=O) groups excluding carboxylic acids is 1. The normalized spacial score (nSPS) is 12.6. The molecular formula is C14H29NO. The molecule has 0 unspecified atom stereocenters. The first-order valence-electron chi connectivity index (χ1n) is 6.50. The average molecular weight is 227 g/mol. The summed E-state index contributed by atoms with van der Waals surface area (Å²) < 4.78 is 0. The van der Waals surface area contributed by atoms with Crippen molar-refractivity contribution in [3.63, 3.8) is 0 Å². The van der Waals surface area contributed by atoms with Gasteiger partial charge in [0.05, 0.1) is 0 Å². The van der Waals surface area contributed by atoms with Crippen molar-refractivity contribution in [2.75, 3.05) is 6.54 Å². The minimum atomic E-state index is -0.238. The van der Waals surface area contributed by atoms with Crippen LogP contribution in [0.2, 0.25) is 0 Å². The van der Waals surface area contributed by atoms with Gasteiger partial charge in [-0.3, -0.25) is 4.79 Å². The van der Waals surface area contributed by atoms with Crippen molar-refractivity contribution < 1.29 is 4.79 Å². The van der Waals surface area contributed by atoms with Crippen LogP contribution in [0.15, 0.2) is 0 Å². The molecule has 0 aromatic heterocycles. The Labute approximate surface area is 101 Å². The quantitative estimate of drug-likeness (QED) is 0.739. The van der Waals surface area contributed by atoms with Crippen LogP contribution in [0.3, 0.4) is 0 Å². The van der Waals surface area contributed by atoms with Gasteiger partial charge in [-0.05, 0) is 24.2 Å². The Balaban J connectivity index is 4.27. The van der Waals surface area contributed by atoms with Gasteiger partial charge in [0.15, 0.2) is 0 Å². The molecule has 0 radical (unpaired) electrons. The molecule has 0 aromatic rings. The fourth-order valence-corrected chi connectivity index (χ4v) is 1.85. The van der Waals surface area contributed by atoms with Crippen LogP contribution in [0.5, 0.6) is 0 Å². The van der Waals surface area contributed by atoms with Crippen molar-refractivity contribution in [2.45, 2.75) is 54.9 Å². The van der Waals surface area contributed by atoms with Gasteiger partial charge in [-0.1, -0.05) is 48.5 Å². The largest absolute Gasteiger partial charge is 0.355 e. The molecule has 0 bridgehead atoms. The average Bonchev–Trinajstić information content (AvgIpc) is 2.16. The van der Waals surface area contributed by atoms with Crippen LogP contribution in [0.25, 0.3) is 0 Å². The Morgan fingerprint density at radius 1 is 1.12 bits per heavy atom. The van der Waals surface area contributed by atoms with Gasteiger partial charge in [0, 0.05) is 12.0 Å². The third-order valence-corrected chi connectivity index (χ3v) is 3.71. The van der Waals surface area contributed by atoms with Gasteiger partial charge >= 0.3 is 0 Å². The van der Waals surface area contributed by atoms with E-state index in [1.54, 1.807) is 0 Å².